The molecule has 5 heteroatoms. The van der Waals surface area contributed by atoms with Crippen LogP contribution < -0.4 is 5.56 Å². The second-order valence-electron chi connectivity index (χ2n) is 6.21. The van der Waals surface area contributed by atoms with Crippen LogP contribution in [-0.4, -0.2) is 20.6 Å². The van der Waals surface area contributed by atoms with Crippen LogP contribution in [0.15, 0.2) is 47.3 Å². The number of hydrogen-bond donors (Lipinski definition) is 1. The van der Waals surface area contributed by atoms with Crippen molar-refractivity contribution in [3.05, 3.63) is 75.3 Å². The summed E-state index contributed by atoms with van der Waals surface area (Å²) >= 11 is 0. The predicted octanol–water partition coefficient (Wildman–Crippen LogP) is 3.35. The van der Waals surface area contributed by atoms with Crippen LogP contribution in [-0.2, 0) is 6.54 Å². The van der Waals surface area contributed by atoms with E-state index in [2.05, 4.69) is 11.1 Å². The molecule has 4 rings (SSSR count). The second-order valence-corrected chi connectivity index (χ2v) is 6.21. The second kappa shape index (κ2) is 5.70. The molecule has 0 fully saturated rings. The first-order valence-corrected chi connectivity index (χ1v) is 8.09. The lowest BCUT2D eigenvalue weighted by molar-refractivity contribution is 0.0697. The Morgan fingerprint density at radius 3 is 2.80 bits per heavy atom. The summed E-state index contributed by atoms with van der Waals surface area (Å²) in [5, 5.41) is 9.61. The number of allylic oxidation sites excluding steroid dienone is 1. The van der Waals surface area contributed by atoms with Crippen molar-refractivity contribution in [3.8, 4) is 0 Å². The zero-order chi connectivity index (χ0) is 17.6. The summed E-state index contributed by atoms with van der Waals surface area (Å²) in [5.41, 5.74) is 3.68. The van der Waals surface area contributed by atoms with Crippen molar-refractivity contribution in [2.24, 2.45) is 0 Å². The molecular weight excluding hydrogens is 316 g/mol. The Bertz CT molecular complexity index is 1110. The molecule has 2 heterocycles. The lowest BCUT2D eigenvalue weighted by Gasteiger charge is -2.07. The molecule has 25 heavy (non-hydrogen) atoms. The molecule has 2 aromatic carbocycles. The average Bonchev–Trinajstić information content (AvgIpc) is 3.00. The molecule has 0 bridgehead atoms. The smallest absolute Gasteiger partial charge is 0.335 e. The summed E-state index contributed by atoms with van der Waals surface area (Å²) in [6.45, 7) is 2.64. The number of rotatable bonds is 2. The van der Waals surface area contributed by atoms with E-state index in [-0.39, 0.29) is 11.1 Å². The van der Waals surface area contributed by atoms with Crippen molar-refractivity contribution < 1.29 is 9.90 Å². The number of carboxylic acids is 1. The van der Waals surface area contributed by atoms with Gasteiger partial charge in [-0.25, -0.2) is 9.78 Å². The quantitative estimate of drug-likeness (QED) is 0.781. The molecule has 0 spiro atoms. The van der Waals surface area contributed by atoms with Crippen LogP contribution in [0, 0.1) is 6.92 Å². The van der Waals surface area contributed by atoms with Gasteiger partial charge in [-0.2, -0.15) is 0 Å². The van der Waals surface area contributed by atoms with Gasteiger partial charge in [0, 0.05) is 6.54 Å². The van der Waals surface area contributed by atoms with Gasteiger partial charge in [0.2, 0.25) is 0 Å². The number of benzene rings is 2. The van der Waals surface area contributed by atoms with E-state index < -0.39 is 5.97 Å². The van der Waals surface area contributed by atoms with Crippen molar-refractivity contribution in [1.29, 1.82) is 0 Å². The molecule has 1 aliphatic rings. The van der Waals surface area contributed by atoms with Crippen molar-refractivity contribution >= 4 is 28.5 Å². The highest BCUT2D eigenvalue weighted by Crippen LogP contribution is 2.28. The molecule has 0 saturated carbocycles. The Labute approximate surface area is 143 Å². The minimum atomic E-state index is -1.03. The van der Waals surface area contributed by atoms with Crippen LogP contribution >= 0.6 is 0 Å². The molecule has 0 radical (unpaired) electrons. The van der Waals surface area contributed by atoms with Gasteiger partial charge in [0.05, 0.1) is 16.5 Å². The number of carboxylic acid groups (broad SMARTS) is 1. The third-order valence-corrected chi connectivity index (χ3v) is 4.61. The van der Waals surface area contributed by atoms with E-state index in [0.717, 1.165) is 23.1 Å². The van der Waals surface area contributed by atoms with Gasteiger partial charge in [-0.1, -0.05) is 24.3 Å². The summed E-state index contributed by atoms with van der Waals surface area (Å²) in [5.74, 6) is -0.400. The maximum atomic E-state index is 12.7. The van der Waals surface area contributed by atoms with Crippen LogP contribution in [0.2, 0.25) is 0 Å². The molecule has 5 nitrogen and oxygen atoms in total. The number of fused-ring (bicyclic) bond motifs is 2. The summed E-state index contributed by atoms with van der Waals surface area (Å²) in [7, 11) is 0. The number of aromatic nitrogens is 2. The minimum absolute atomic E-state index is 0.120. The van der Waals surface area contributed by atoms with Gasteiger partial charge in [0.1, 0.15) is 5.82 Å². The number of hydrogen-bond acceptors (Lipinski definition) is 3. The zero-order valence-corrected chi connectivity index (χ0v) is 13.7. The maximum absolute atomic E-state index is 12.7. The van der Waals surface area contributed by atoms with E-state index in [9.17, 15) is 9.59 Å². The SMILES string of the molecule is Cc1ccccc1C=C1CCn2c1nc1cc(C(=O)O)ccc1c2=O. The van der Waals surface area contributed by atoms with E-state index in [1.165, 1.54) is 12.1 Å². The Balaban J connectivity index is 1.92. The van der Waals surface area contributed by atoms with E-state index in [1.54, 1.807) is 10.6 Å². The van der Waals surface area contributed by atoms with Crippen molar-refractivity contribution in [1.82, 2.24) is 9.55 Å². The molecule has 1 aromatic heterocycles. The molecule has 0 aliphatic carbocycles. The first kappa shape index (κ1) is 15.3. The third kappa shape index (κ3) is 2.54. The molecular formula is C20H16N2O3. The fourth-order valence-corrected chi connectivity index (χ4v) is 3.22. The topological polar surface area (TPSA) is 72.2 Å². The Kier molecular flexibility index (Phi) is 3.50. The molecule has 0 atom stereocenters. The first-order valence-electron chi connectivity index (χ1n) is 8.09. The molecule has 0 saturated heterocycles. The Morgan fingerprint density at radius 2 is 2.04 bits per heavy atom. The average molecular weight is 332 g/mol. The maximum Gasteiger partial charge on any atom is 0.335 e. The highest BCUT2D eigenvalue weighted by atomic mass is 16.4. The standard InChI is InChI=1S/C20H16N2O3/c1-12-4-2-3-5-13(12)10-14-8-9-22-18(14)21-17-11-15(20(24)25)6-7-16(17)19(22)23/h2-7,10-11H,8-9H2,1H3,(H,24,25). The first-order chi connectivity index (χ1) is 12.0. The van der Waals surface area contributed by atoms with Crippen molar-refractivity contribution in [3.63, 3.8) is 0 Å². The van der Waals surface area contributed by atoms with Gasteiger partial charge < -0.3 is 5.11 Å². The van der Waals surface area contributed by atoms with E-state index >= 15 is 0 Å². The van der Waals surface area contributed by atoms with Gasteiger partial charge in [0.15, 0.2) is 0 Å². The monoisotopic (exact) mass is 332 g/mol. The van der Waals surface area contributed by atoms with E-state index in [4.69, 9.17) is 5.11 Å². The highest BCUT2D eigenvalue weighted by molar-refractivity contribution is 5.93. The lowest BCUT2D eigenvalue weighted by Crippen LogP contribution is -2.21. The van der Waals surface area contributed by atoms with Crippen LogP contribution in [0.1, 0.15) is 33.7 Å². The molecule has 0 unspecified atom stereocenters. The Hall–Kier alpha value is -3.21. The molecule has 3 aromatic rings. The highest BCUT2D eigenvalue weighted by Gasteiger charge is 2.21. The normalized spacial score (nSPS) is 14.8. The van der Waals surface area contributed by atoms with Crippen LogP contribution in [0.3, 0.4) is 0 Å². The Morgan fingerprint density at radius 1 is 1.24 bits per heavy atom. The van der Waals surface area contributed by atoms with Gasteiger partial charge in [-0.05, 0) is 54.3 Å². The number of aromatic carboxylic acids is 1. The lowest BCUT2D eigenvalue weighted by atomic mass is 10.0. The molecule has 1 aliphatic heterocycles. The third-order valence-electron chi connectivity index (χ3n) is 4.61. The number of aryl methyl sites for hydroxylation is 1. The van der Waals surface area contributed by atoms with Gasteiger partial charge in [-0.15, -0.1) is 0 Å². The van der Waals surface area contributed by atoms with Crippen LogP contribution in [0.4, 0.5) is 0 Å². The van der Waals surface area contributed by atoms with Crippen LogP contribution in [0.25, 0.3) is 22.6 Å². The van der Waals surface area contributed by atoms with E-state index in [0.29, 0.717) is 23.3 Å². The summed E-state index contributed by atoms with van der Waals surface area (Å²) in [4.78, 5) is 28.5. The summed E-state index contributed by atoms with van der Waals surface area (Å²) in [6.07, 6.45) is 2.80. The fourth-order valence-electron chi connectivity index (χ4n) is 3.22. The predicted molar refractivity (Wildman–Crippen MR) is 96.6 cm³/mol. The largest absolute Gasteiger partial charge is 0.478 e. The number of carbonyl (C=O) groups is 1. The van der Waals surface area contributed by atoms with Crippen LogP contribution in [0.5, 0.6) is 0 Å². The van der Waals surface area contributed by atoms with Gasteiger partial charge >= 0.3 is 5.97 Å². The number of nitrogens with zero attached hydrogens (tertiary/aromatic N) is 2. The van der Waals surface area contributed by atoms with Gasteiger partial charge in [0.25, 0.3) is 5.56 Å². The summed E-state index contributed by atoms with van der Waals surface area (Å²) in [6, 6.07) is 12.5. The fraction of sp³-hybridized carbons (Fsp3) is 0.150. The molecule has 1 N–H and O–H groups in total. The molecule has 0 amide bonds. The van der Waals surface area contributed by atoms with E-state index in [1.807, 2.05) is 31.2 Å². The summed E-state index contributed by atoms with van der Waals surface area (Å²) < 4.78 is 1.67. The van der Waals surface area contributed by atoms with Crippen molar-refractivity contribution in [2.75, 3.05) is 0 Å². The molecule has 124 valence electrons. The minimum Gasteiger partial charge on any atom is -0.478 e. The van der Waals surface area contributed by atoms with Gasteiger partial charge in [-0.3, -0.25) is 9.36 Å². The van der Waals surface area contributed by atoms with Crippen molar-refractivity contribution in [2.45, 2.75) is 19.9 Å². The zero-order valence-electron chi connectivity index (χ0n) is 13.7.